The number of aliphatic hydroxyl groups is 1. The highest BCUT2D eigenvalue weighted by atomic mass is 79.9. The third kappa shape index (κ3) is 5.34. The number of rotatable bonds is 6. The molecule has 1 rings (SSSR count). The van der Waals surface area contributed by atoms with Crippen LogP contribution >= 0.6 is 27.7 Å². The van der Waals surface area contributed by atoms with E-state index in [2.05, 4.69) is 15.9 Å². The molecule has 1 unspecified atom stereocenters. The van der Waals surface area contributed by atoms with E-state index in [9.17, 15) is 5.11 Å². The van der Waals surface area contributed by atoms with Crippen LogP contribution in [0.15, 0.2) is 33.6 Å². The van der Waals surface area contributed by atoms with Crippen molar-refractivity contribution in [2.45, 2.75) is 31.0 Å². The minimum Gasteiger partial charge on any atom is -0.390 e. The first-order chi connectivity index (χ1) is 7.59. The predicted octanol–water partition coefficient (Wildman–Crippen LogP) is 3.33. The topological polar surface area (TPSA) is 29.5 Å². The largest absolute Gasteiger partial charge is 0.390 e. The Morgan fingerprint density at radius 3 is 2.69 bits per heavy atom. The molecule has 1 atom stereocenters. The monoisotopic (exact) mass is 304 g/mol. The molecule has 1 N–H and O–H groups in total. The Kier molecular flexibility index (Phi) is 6.43. The second-order valence-electron chi connectivity index (χ2n) is 3.78. The Labute approximate surface area is 110 Å². The van der Waals surface area contributed by atoms with E-state index in [-0.39, 0.29) is 6.10 Å². The van der Waals surface area contributed by atoms with Crippen molar-refractivity contribution in [1.29, 1.82) is 0 Å². The summed E-state index contributed by atoms with van der Waals surface area (Å²) in [5.41, 5.74) is 0. The maximum Gasteiger partial charge on any atom is 0.0867 e. The van der Waals surface area contributed by atoms with E-state index in [0.717, 1.165) is 9.37 Å². The Morgan fingerprint density at radius 1 is 1.38 bits per heavy atom. The first kappa shape index (κ1) is 14.0. The van der Waals surface area contributed by atoms with Gasteiger partial charge in [0, 0.05) is 15.1 Å². The molecule has 90 valence electrons. The van der Waals surface area contributed by atoms with Crippen LogP contribution < -0.4 is 0 Å². The second kappa shape index (κ2) is 7.33. The number of hydrogen-bond donors (Lipinski definition) is 1. The average Bonchev–Trinajstić information content (AvgIpc) is 2.25. The number of halogens is 1. The van der Waals surface area contributed by atoms with Crippen LogP contribution in [0.5, 0.6) is 0 Å². The zero-order chi connectivity index (χ0) is 12.0. The molecule has 0 aliphatic rings. The van der Waals surface area contributed by atoms with Gasteiger partial charge in [-0.3, -0.25) is 0 Å². The van der Waals surface area contributed by atoms with Crippen molar-refractivity contribution < 1.29 is 9.84 Å². The molecule has 0 heterocycles. The number of ether oxygens (including phenoxy) is 1. The fourth-order valence-corrected chi connectivity index (χ4v) is 2.58. The molecule has 0 amide bonds. The van der Waals surface area contributed by atoms with E-state index < -0.39 is 6.10 Å². The summed E-state index contributed by atoms with van der Waals surface area (Å²) in [4.78, 5) is 1.14. The van der Waals surface area contributed by atoms with E-state index in [0.29, 0.717) is 12.4 Å². The highest BCUT2D eigenvalue weighted by Crippen LogP contribution is 2.27. The normalized spacial score (nSPS) is 13.1. The van der Waals surface area contributed by atoms with Gasteiger partial charge in [-0.2, -0.15) is 0 Å². The lowest BCUT2D eigenvalue weighted by Crippen LogP contribution is -2.20. The molecule has 0 bridgehead atoms. The summed E-state index contributed by atoms with van der Waals surface area (Å²) in [6.45, 7) is 4.33. The smallest absolute Gasteiger partial charge is 0.0867 e. The van der Waals surface area contributed by atoms with Crippen molar-refractivity contribution >= 4 is 27.7 Å². The first-order valence-corrected chi connectivity index (χ1v) is 7.04. The lowest BCUT2D eigenvalue weighted by Gasteiger charge is -2.13. The standard InChI is InChI=1S/C12H17BrO2S/c1-9(2)15-7-10(14)8-16-12-6-4-3-5-11(12)13/h3-6,9-10,14H,7-8H2,1-2H3. The summed E-state index contributed by atoms with van der Waals surface area (Å²) in [7, 11) is 0. The molecule has 16 heavy (non-hydrogen) atoms. The van der Waals surface area contributed by atoms with Crippen molar-refractivity contribution in [2.24, 2.45) is 0 Å². The van der Waals surface area contributed by atoms with Crippen molar-refractivity contribution in [3.63, 3.8) is 0 Å². The molecule has 0 aliphatic carbocycles. The molecule has 0 spiro atoms. The molecular weight excluding hydrogens is 288 g/mol. The summed E-state index contributed by atoms with van der Waals surface area (Å²) in [5.74, 6) is 0.648. The molecule has 0 fully saturated rings. The van der Waals surface area contributed by atoms with Crippen LogP contribution in [0.25, 0.3) is 0 Å². The van der Waals surface area contributed by atoms with E-state index in [4.69, 9.17) is 4.74 Å². The van der Waals surface area contributed by atoms with Crippen LogP contribution in [0.1, 0.15) is 13.8 Å². The van der Waals surface area contributed by atoms with Crippen LogP contribution in [0, 0.1) is 0 Å². The summed E-state index contributed by atoms with van der Waals surface area (Å²) >= 11 is 5.10. The Bertz CT molecular complexity index is 318. The van der Waals surface area contributed by atoms with Gasteiger partial charge in [0.1, 0.15) is 0 Å². The van der Waals surface area contributed by atoms with Crippen LogP contribution in [0.4, 0.5) is 0 Å². The Morgan fingerprint density at radius 2 is 2.06 bits per heavy atom. The molecule has 1 aromatic rings. The van der Waals surface area contributed by atoms with Gasteiger partial charge in [0.05, 0.1) is 18.8 Å². The fourth-order valence-electron chi connectivity index (χ4n) is 1.10. The Hall–Kier alpha value is -0.0300. The van der Waals surface area contributed by atoms with E-state index in [1.807, 2.05) is 38.1 Å². The van der Waals surface area contributed by atoms with Gasteiger partial charge in [-0.15, -0.1) is 11.8 Å². The minimum absolute atomic E-state index is 0.170. The van der Waals surface area contributed by atoms with Gasteiger partial charge in [-0.05, 0) is 41.9 Å². The fraction of sp³-hybridized carbons (Fsp3) is 0.500. The molecule has 0 saturated carbocycles. The molecule has 0 aliphatic heterocycles. The highest BCUT2D eigenvalue weighted by Gasteiger charge is 2.07. The van der Waals surface area contributed by atoms with Gasteiger partial charge in [0.25, 0.3) is 0 Å². The zero-order valence-corrected chi connectivity index (χ0v) is 11.9. The van der Waals surface area contributed by atoms with Gasteiger partial charge in [0.15, 0.2) is 0 Å². The van der Waals surface area contributed by atoms with Gasteiger partial charge < -0.3 is 9.84 Å². The van der Waals surface area contributed by atoms with E-state index in [1.165, 1.54) is 0 Å². The number of hydrogen-bond acceptors (Lipinski definition) is 3. The molecule has 2 nitrogen and oxygen atoms in total. The van der Waals surface area contributed by atoms with E-state index >= 15 is 0 Å². The summed E-state index contributed by atoms with van der Waals surface area (Å²) in [5, 5.41) is 9.69. The average molecular weight is 305 g/mol. The van der Waals surface area contributed by atoms with Gasteiger partial charge in [-0.25, -0.2) is 0 Å². The quantitative estimate of drug-likeness (QED) is 0.818. The highest BCUT2D eigenvalue weighted by molar-refractivity contribution is 9.10. The molecular formula is C12H17BrO2S. The minimum atomic E-state index is -0.417. The van der Waals surface area contributed by atoms with Crippen molar-refractivity contribution in [2.75, 3.05) is 12.4 Å². The lowest BCUT2D eigenvalue weighted by molar-refractivity contribution is 0.0152. The van der Waals surface area contributed by atoms with Gasteiger partial charge in [-0.1, -0.05) is 12.1 Å². The first-order valence-electron chi connectivity index (χ1n) is 5.26. The number of thioether (sulfide) groups is 1. The summed E-state index contributed by atoms with van der Waals surface area (Å²) < 4.78 is 6.41. The third-order valence-electron chi connectivity index (χ3n) is 1.89. The predicted molar refractivity (Wildman–Crippen MR) is 72.0 cm³/mol. The van der Waals surface area contributed by atoms with Crippen LogP contribution in [0.2, 0.25) is 0 Å². The maximum atomic E-state index is 9.69. The zero-order valence-electron chi connectivity index (χ0n) is 9.52. The van der Waals surface area contributed by atoms with E-state index in [1.54, 1.807) is 11.8 Å². The molecule has 0 aromatic heterocycles. The van der Waals surface area contributed by atoms with Crippen molar-refractivity contribution in [3.8, 4) is 0 Å². The molecule has 0 radical (unpaired) electrons. The molecule has 4 heteroatoms. The number of aliphatic hydroxyl groups excluding tert-OH is 1. The van der Waals surface area contributed by atoms with Crippen LogP contribution in [0.3, 0.4) is 0 Å². The second-order valence-corrected chi connectivity index (χ2v) is 5.69. The lowest BCUT2D eigenvalue weighted by atomic mass is 10.4. The van der Waals surface area contributed by atoms with Crippen molar-refractivity contribution in [3.05, 3.63) is 28.7 Å². The molecule has 1 aromatic carbocycles. The summed E-state index contributed by atoms with van der Waals surface area (Å²) in [6, 6.07) is 8.00. The molecule has 0 saturated heterocycles. The van der Waals surface area contributed by atoms with Crippen molar-refractivity contribution in [1.82, 2.24) is 0 Å². The Balaban J connectivity index is 2.31. The SMILES string of the molecule is CC(C)OCC(O)CSc1ccccc1Br. The van der Waals surface area contributed by atoms with Crippen LogP contribution in [-0.4, -0.2) is 29.7 Å². The maximum absolute atomic E-state index is 9.69. The van der Waals surface area contributed by atoms with Gasteiger partial charge >= 0.3 is 0 Å². The summed E-state index contributed by atoms with van der Waals surface area (Å²) in [6.07, 6.45) is -0.248. The third-order valence-corrected chi connectivity index (χ3v) is 4.06. The van der Waals surface area contributed by atoms with Crippen LogP contribution in [-0.2, 0) is 4.74 Å². The van der Waals surface area contributed by atoms with Gasteiger partial charge in [0.2, 0.25) is 0 Å². The number of benzene rings is 1.